The predicted octanol–water partition coefficient (Wildman–Crippen LogP) is 1.17. The summed E-state index contributed by atoms with van der Waals surface area (Å²) in [6.07, 6.45) is 2.57. The highest BCUT2D eigenvalue weighted by molar-refractivity contribution is 5.11. The largest absolute Gasteiger partial charge is 0.496 e. The van der Waals surface area contributed by atoms with Crippen LogP contribution in [0.4, 0.5) is 8.78 Å². The van der Waals surface area contributed by atoms with Crippen LogP contribution in [0.5, 0.6) is 0 Å². The summed E-state index contributed by atoms with van der Waals surface area (Å²) in [5, 5.41) is 0. The molecule has 5 heteroatoms. The highest BCUT2D eigenvalue weighted by Gasteiger charge is 2.49. The molecule has 14 heavy (non-hydrogen) atoms. The van der Waals surface area contributed by atoms with E-state index >= 15 is 0 Å². The molecule has 0 saturated heterocycles. The van der Waals surface area contributed by atoms with E-state index in [9.17, 15) is 8.78 Å². The Balaban J connectivity index is 1.94. The van der Waals surface area contributed by atoms with E-state index in [2.05, 4.69) is 5.43 Å². The summed E-state index contributed by atoms with van der Waals surface area (Å²) < 4.78 is 30.6. The van der Waals surface area contributed by atoms with E-state index in [1.54, 1.807) is 0 Å². The van der Waals surface area contributed by atoms with Crippen LogP contribution >= 0.6 is 0 Å². The fraction of sp³-hybridized carbons (Fsp3) is 0.778. The first-order valence-electron chi connectivity index (χ1n) is 4.79. The molecule has 1 atom stereocenters. The smallest absolute Gasteiger partial charge is 0.248 e. The second-order valence-corrected chi connectivity index (χ2v) is 3.91. The molecule has 2 rings (SSSR count). The lowest BCUT2D eigenvalue weighted by Gasteiger charge is -2.39. The Labute approximate surface area is 81.3 Å². The summed E-state index contributed by atoms with van der Waals surface area (Å²) in [7, 11) is 0. The second-order valence-electron chi connectivity index (χ2n) is 3.91. The highest BCUT2D eigenvalue weighted by Crippen LogP contribution is 2.45. The Morgan fingerprint density at radius 2 is 2.29 bits per heavy atom. The molecule has 1 aliphatic heterocycles. The average molecular weight is 204 g/mol. The topological polar surface area (TPSA) is 47.3 Å². The molecular weight excluding hydrogens is 190 g/mol. The minimum Gasteiger partial charge on any atom is -0.496 e. The third-order valence-corrected chi connectivity index (χ3v) is 2.81. The molecule has 0 radical (unpaired) electrons. The molecule has 1 heterocycles. The van der Waals surface area contributed by atoms with Crippen LogP contribution in [0.3, 0.4) is 0 Å². The van der Waals surface area contributed by atoms with Gasteiger partial charge in [0.05, 0.1) is 12.6 Å². The zero-order valence-corrected chi connectivity index (χ0v) is 7.80. The number of halogens is 2. The number of hydrogen-bond donors (Lipinski definition) is 2. The van der Waals surface area contributed by atoms with Gasteiger partial charge in [0.15, 0.2) is 0 Å². The maximum atomic E-state index is 12.6. The standard InChI is InChI=1S/C9H14F2N2O/c10-9(11)4-6(5-9)8(13-12)7-2-1-3-14-7/h2,6,8,13H,1,3-5,12H2. The predicted molar refractivity (Wildman–Crippen MR) is 47.4 cm³/mol. The van der Waals surface area contributed by atoms with Crippen LogP contribution in [0.2, 0.25) is 0 Å². The van der Waals surface area contributed by atoms with Gasteiger partial charge < -0.3 is 4.74 Å². The Morgan fingerprint density at radius 1 is 1.57 bits per heavy atom. The van der Waals surface area contributed by atoms with Gasteiger partial charge in [-0.1, -0.05) is 0 Å². The summed E-state index contributed by atoms with van der Waals surface area (Å²) in [6.45, 7) is 0.636. The first-order chi connectivity index (χ1) is 6.62. The van der Waals surface area contributed by atoms with Gasteiger partial charge in [0.1, 0.15) is 5.76 Å². The third-order valence-electron chi connectivity index (χ3n) is 2.81. The van der Waals surface area contributed by atoms with Crippen LogP contribution in [-0.2, 0) is 4.74 Å². The fourth-order valence-electron chi connectivity index (χ4n) is 2.05. The molecule has 0 spiro atoms. The molecule has 3 N–H and O–H groups in total. The van der Waals surface area contributed by atoms with E-state index < -0.39 is 5.92 Å². The third kappa shape index (κ3) is 1.74. The number of ether oxygens (including phenoxy) is 1. The van der Waals surface area contributed by atoms with Crippen molar-refractivity contribution in [2.24, 2.45) is 11.8 Å². The first-order valence-corrected chi connectivity index (χ1v) is 4.79. The van der Waals surface area contributed by atoms with Gasteiger partial charge in [-0.3, -0.25) is 5.84 Å². The molecular formula is C9H14F2N2O. The Hall–Kier alpha value is -0.680. The molecule has 0 aromatic carbocycles. The molecule has 0 aromatic rings. The number of alkyl halides is 2. The second kappa shape index (κ2) is 3.47. The molecule has 3 nitrogen and oxygen atoms in total. The molecule has 2 aliphatic rings. The first kappa shape index (κ1) is 9.86. The van der Waals surface area contributed by atoms with E-state index in [1.165, 1.54) is 0 Å². The monoisotopic (exact) mass is 204 g/mol. The van der Waals surface area contributed by atoms with E-state index in [4.69, 9.17) is 10.6 Å². The average Bonchev–Trinajstić information content (AvgIpc) is 2.55. The molecule has 1 aliphatic carbocycles. The van der Waals surface area contributed by atoms with Crippen molar-refractivity contribution < 1.29 is 13.5 Å². The Bertz CT molecular complexity index is 247. The van der Waals surface area contributed by atoms with Gasteiger partial charge >= 0.3 is 0 Å². The fourth-order valence-corrected chi connectivity index (χ4v) is 2.05. The summed E-state index contributed by atoms with van der Waals surface area (Å²) in [5.74, 6) is 3.47. The van der Waals surface area contributed by atoms with E-state index in [0.29, 0.717) is 6.61 Å². The summed E-state index contributed by atoms with van der Waals surface area (Å²) >= 11 is 0. The van der Waals surface area contributed by atoms with Crippen molar-refractivity contribution in [2.45, 2.75) is 31.2 Å². The van der Waals surface area contributed by atoms with Gasteiger partial charge in [-0.05, 0) is 12.0 Å². The zero-order valence-electron chi connectivity index (χ0n) is 7.80. The van der Waals surface area contributed by atoms with E-state index in [0.717, 1.165) is 12.2 Å². The van der Waals surface area contributed by atoms with Crippen LogP contribution in [0.25, 0.3) is 0 Å². The van der Waals surface area contributed by atoms with Crippen molar-refractivity contribution in [2.75, 3.05) is 6.61 Å². The molecule has 0 aromatic heterocycles. The van der Waals surface area contributed by atoms with Crippen LogP contribution in [0, 0.1) is 5.92 Å². The number of rotatable bonds is 3. The van der Waals surface area contributed by atoms with Gasteiger partial charge in [0, 0.05) is 19.3 Å². The molecule has 1 unspecified atom stereocenters. The number of hydrazine groups is 1. The maximum Gasteiger partial charge on any atom is 0.248 e. The van der Waals surface area contributed by atoms with Gasteiger partial charge in [-0.2, -0.15) is 0 Å². The summed E-state index contributed by atoms with van der Waals surface area (Å²) in [6, 6.07) is -0.239. The minimum absolute atomic E-state index is 0.0947. The zero-order chi connectivity index (χ0) is 10.2. The van der Waals surface area contributed by atoms with Crippen LogP contribution in [0.15, 0.2) is 11.8 Å². The van der Waals surface area contributed by atoms with Gasteiger partial charge in [-0.15, -0.1) is 0 Å². The van der Waals surface area contributed by atoms with Crippen molar-refractivity contribution in [3.8, 4) is 0 Å². The minimum atomic E-state index is -2.50. The lowest BCUT2D eigenvalue weighted by molar-refractivity contribution is -0.119. The molecule has 1 saturated carbocycles. The molecule has 0 bridgehead atoms. The Kier molecular flexibility index (Phi) is 2.45. The summed E-state index contributed by atoms with van der Waals surface area (Å²) in [5.41, 5.74) is 2.56. The van der Waals surface area contributed by atoms with Crippen molar-refractivity contribution in [3.63, 3.8) is 0 Å². The molecule has 80 valence electrons. The van der Waals surface area contributed by atoms with Crippen LogP contribution in [0.1, 0.15) is 19.3 Å². The quantitative estimate of drug-likeness (QED) is 0.536. The Morgan fingerprint density at radius 3 is 2.71 bits per heavy atom. The van der Waals surface area contributed by atoms with E-state index in [1.807, 2.05) is 6.08 Å². The number of nitrogens with two attached hydrogens (primary N) is 1. The van der Waals surface area contributed by atoms with Gasteiger partial charge in [-0.25, -0.2) is 14.2 Å². The normalized spacial score (nSPS) is 27.8. The molecule has 1 fully saturated rings. The van der Waals surface area contributed by atoms with Gasteiger partial charge in [0.2, 0.25) is 5.92 Å². The van der Waals surface area contributed by atoms with Crippen molar-refractivity contribution in [1.82, 2.24) is 5.43 Å². The number of hydrogen-bond acceptors (Lipinski definition) is 3. The highest BCUT2D eigenvalue weighted by atomic mass is 19.3. The lowest BCUT2D eigenvalue weighted by atomic mass is 9.76. The van der Waals surface area contributed by atoms with Crippen LogP contribution < -0.4 is 11.3 Å². The van der Waals surface area contributed by atoms with E-state index in [-0.39, 0.29) is 24.8 Å². The van der Waals surface area contributed by atoms with Crippen LogP contribution in [-0.4, -0.2) is 18.6 Å². The number of nitrogens with one attached hydrogen (secondary N) is 1. The van der Waals surface area contributed by atoms with Crippen molar-refractivity contribution in [1.29, 1.82) is 0 Å². The van der Waals surface area contributed by atoms with Crippen molar-refractivity contribution >= 4 is 0 Å². The lowest BCUT2D eigenvalue weighted by Crippen LogP contribution is -2.51. The van der Waals surface area contributed by atoms with Gasteiger partial charge in [0.25, 0.3) is 0 Å². The maximum absolute atomic E-state index is 12.6. The van der Waals surface area contributed by atoms with Crippen molar-refractivity contribution in [3.05, 3.63) is 11.8 Å². The molecule has 0 amide bonds. The summed E-state index contributed by atoms with van der Waals surface area (Å²) in [4.78, 5) is 0. The SMILES string of the molecule is NNC(C1=CCCO1)C1CC(F)(F)C1.